The van der Waals surface area contributed by atoms with Gasteiger partial charge in [-0.1, -0.05) is 13.8 Å². The van der Waals surface area contributed by atoms with E-state index >= 15 is 0 Å². The Morgan fingerprint density at radius 2 is 2.19 bits per heavy atom. The van der Waals surface area contributed by atoms with Crippen molar-refractivity contribution in [2.24, 2.45) is 5.92 Å². The summed E-state index contributed by atoms with van der Waals surface area (Å²) in [6.45, 7) is 5.40. The summed E-state index contributed by atoms with van der Waals surface area (Å²) in [5.41, 5.74) is 0. The molecular formula is C13H22BrN3O3S. The molecule has 1 heterocycles. The number of sulfonamides is 1. The number of hydrogen-bond donors (Lipinski definition) is 2. The molecule has 1 atom stereocenters. The Morgan fingerprint density at radius 1 is 1.48 bits per heavy atom. The van der Waals surface area contributed by atoms with Crippen LogP contribution in [0.2, 0.25) is 0 Å². The molecule has 0 spiro atoms. The van der Waals surface area contributed by atoms with Crippen LogP contribution in [0.4, 0.5) is 5.82 Å². The third kappa shape index (κ3) is 5.90. The molecule has 120 valence electrons. The Balaban J connectivity index is 2.92. The Kier molecular flexibility index (Phi) is 7.58. The van der Waals surface area contributed by atoms with Gasteiger partial charge in [0, 0.05) is 37.5 Å². The van der Waals surface area contributed by atoms with Crippen LogP contribution in [0.5, 0.6) is 0 Å². The molecule has 0 aliphatic rings. The lowest BCUT2D eigenvalue weighted by Crippen LogP contribution is -2.30. The smallest absolute Gasteiger partial charge is 0.244 e. The van der Waals surface area contributed by atoms with Gasteiger partial charge >= 0.3 is 0 Å². The number of nitrogens with one attached hydrogen (secondary N) is 2. The molecule has 6 nitrogen and oxygen atoms in total. The molecule has 0 aliphatic heterocycles. The number of anilines is 1. The number of methoxy groups -OCH3 is 1. The van der Waals surface area contributed by atoms with E-state index < -0.39 is 10.0 Å². The molecule has 1 rings (SSSR count). The molecule has 2 N–H and O–H groups in total. The van der Waals surface area contributed by atoms with Gasteiger partial charge in [0.25, 0.3) is 0 Å². The molecule has 1 aromatic heterocycles. The monoisotopic (exact) mass is 379 g/mol. The van der Waals surface area contributed by atoms with Crippen LogP contribution >= 0.6 is 15.9 Å². The lowest BCUT2D eigenvalue weighted by atomic mass is 10.2. The number of halogens is 1. The predicted molar refractivity (Wildman–Crippen MR) is 86.9 cm³/mol. The number of nitrogens with zero attached hydrogens (tertiary/aromatic N) is 1. The van der Waals surface area contributed by atoms with E-state index in [0.717, 1.165) is 6.42 Å². The maximum absolute atomic E-state index is 12.4. The zero-order valence-corrected chi connectivity index (χ0v) is 14.9. The van der Waals surface area contributed by atoms with Gasteiger partial charge in [0.1, 0.15) is 10.7 Å². The fourth-order valence-corrected chi connectivity index (χ4v) is 3.48. The van der Waals surface area contributed by atoms with Gasteiger partial charge in [-0.05, 0) is 34.3 Å². The second-order valence-electron chi connectivity index (χ2n) is 4.84. The van der Waals surface area contributed by atoms with Gasteiger partial charge in [0.05, 0.1) is 0 Å². The first-order valence-corrected chi connectivity index (χ1v) is 9.06. The Hall–Kier alpha value is -0.700. The van der Waals surface area contributed by atoms with Crippen LogP contribution in [-0.4, -0.2) is 40.2 Å². The Morgan fingerprint density at radius 3 is 2.81 bits per heavy atom. The van der Waals surface area contributed by atoms with Crippen LogP contribution in [-0.2, 0) is 14.8 Å². The average Bonchev–Trinajstić information content (AvgIpc) is 2.44. The zero-order valence-electron chi connectivity index (χ0n) is 12.5. The minimum absolute atomic E-state index is 0.0944. The van der Waals surface area contributed by atoms with Gasteiger partial charge in [-0.25, -0.2) is 18.1 Å². The lowest BCUT2D eigenvalue weighted by molar-refractivity contribution is 0.161. The van der Waals surface area contributed by atoms with Crippen molar-refractivity contribution in [3.63, 3.8) is 0 Å². The Labute approximate surface area is 134 Å². The van der Waals surface area contributed by atoms with Crippen molar-refractivity contribution in [1.82, 2.24) is 9.71 Å². The largest absolute Gasteiger partial charge is 0.384 e. The van der Waals surface area contributed by atoms with Crippen molar-refractivity contribution in [3.8, 4) is 0 Å². The second-order valence-corrected chi connectivity index (χ2v) is 7.49. The topological polar surface area (TPSA) is 80.3 Å². The van der Waals surface area contributed by atoms with Crippen LogP contribution in [0.15, 0.2) is 21.6 Å². The zero-order chi connectivity index (χ0) is 15.9. The van der Waals surface area contributed by atoms with Crippen LogP contribution in [0, 0.1) is 5.92 Å². The Bertz CT molecular complexity index is 552. The average molecular weight is 380 g/mol. The van der Waals surface area contributed by atoms with Crippen molar-refractivity contribution < 1.29 is 13.2 Å². The number of rotatable bonds is 9. The summed E-state index contributed by atoms with van der Waals surface area (Å²) < 4.78 is 33.1. The van der Waals surface area contributed by atoms with Crippen LogP contribution in [0.25, 0.3) is 0 Å². The number of pyridine rings is 1. The lowest BCUT2D eigenvalue weighted by Gasteiger charge is -2.14. The molecule has 0 radical (unpaired) electrons. The highest BCUT2D eigenvalue weighted by Gasteiger charge is 2.20. The summed E-state index contributed by atoms with van der Waals surface area (Å²) >= 11 is 3.26. The van der Waals surface area contributed by atoms with E-state index in [1.807, 2.05) is 13.8 Å². The summed E-state index contributed by atoms with van der Waals surface area (Å²) in [4.78, 5) is 4.29. The fourth-order valence-electron chi connectivity index (χ4n) is 1.67. The van der Waals surface area contributed by atoms with E-state index in [9.17, 15) is 8.42 Å². The van der Waals surface area contributed by atoms with E-state index in [1.165, 1.54) is 0 Å². The summed E-state index contributed by atoms with van der Waals surface area (Å²) in [5.74, 6) is 0.462. The van der Waals surface area contributed by atoms with Crippen LogP contribution < -0.4 is 10.0 Å². The number of ether oxygens (including phenoxy) is 1. The van der Waals surface area contributed by atoms with E-state index in [4.69, 9.17) is 4.74 Å². The van der Waals surface area contributed by atoms with Crippen molar-refractivity contribution in [1.29, 1.82) is 0 Å². The summed E-state index contributed by atoms with van der Waals surface area (Å²) in [6.07, 6.45) is 2.46. The molecule has 0 fully saturated rings. The maximum atomic E-state index is 12.4. The second kappa shape index (κ2) is 8.67. The van der Waals surface area contributed by atoms with Gasteiger partial charge < -0.3 is 10.1 Å². The van der Waals surface area contributed by atoms with Gasteiger partial charge in [0.2, 0.25) is 10.0 Å². The summed E-state index contributed by atoms with van der Waals surface area (Å²) in [5, 5.41) is 3.03. The number of aromatic nitrogens is 1. The van der Waals surface area contributed by atoms with E-state index in [-0.39, 0.29) is 10.8 Å². The minimum atomic E-state index is -3.62. The minimum Gasteiger partial charge on any atom is -0.384 e. The predicted octanol–water partition coefficient (Wildman–Crippen LogP) is 2.23. The SMILES string of the molecule is CCCNc1ncc(Br)cc1S(=O)(=O)NCC(C)COC. The number of hydrogen-bond acceptors (Lipinski definition) is 5. The molecule has 0 saturated heterocycles. The normalized spacial score (nSPS) is 13.1. The quantitative estimate of drug-likeness (QED) is 0.687. The molecule has 0 saturated carbocycles. The molecule has 8 heteroatoms. The van der Waals surface area contributed by atoms with E-state index in [2.05, 4.69) is 31.0 Å². The molecule has 1 aromatic rings. The van der Waals surface area contributed by atoms with Gasteiger partial charge in [-0.15, -0.1) is 0 Å². The van der Waals surface area contributed by atoms with Crippen LogP contribution in [0.1, 0.15) is 20.3 Å². The third-order valence-corrected chi connectivity index (χ3v) is 4.59. The molecular weight excluding hydrogens is 358 g/mol. The molecule has 1 unspecified atom stereocenters. The highest BCUT2D eigenvalue weighted by atomic mass is 79.9. The highest BCUT2D eigenvalue weighted by Crippen LogP contribution is 2.22. The first kappa shape index (κ1) is 18.3. The van der Waals surface area contributed by atoms with E-state index in [0.29, 0.717) is 30.0 Å². The van der Waals surface area contributed by atoms with Gasteiger partial charge in [0.15, 0.2) is 0 Å². The standard InChI is InChI=1S/C13H22BrN3O3S/c1-4-5-15-13-12(6-11(14)8-16-13)21(18,19)17-7-10(2)9-20-3/h6,8,10,17H,4-5,7,9H2,1-3H3,(H,15,16). The first-order valence-electron chi connectivity index (χ1n) is 6.78. The van der Waals surface area contributed by atoms with Crippen LogP contribution in [0.3, 0.4) is 0 Å². The van der Waals surface area contributed by atoms with Crippen molar-refractivity contribution >= 4 is 31.8 Å². The van der Waals surface area contributed by atoms with Gasteiger partial charge in [-0.2, -0.15) is 0 Å². The van der Waals surface area contributed by atoms with Crippen molar-refractivity contribution in [3.05, 3.63) is 16.7 Å². The third-order valence-electron chi connectivity index (χ3n) is 2.72. The van der Waals surface area contributed by atoms with Gasteiger partial charge in [-0.3, -0.25) is 0 Å². The van der Waals surface area contributed by atoms with Crippen molar-refractivity contribution in [2.45, 2.75) is 25.2 Å². The highest BCUT2D eigenvalue weighted by molar-refractivity contribution is 9.10. The van der Waals surface area contributed by atoms with E-state index in [1.54, 1.807) is 19.4 Å². The molecule has 0 bridgehead atoms. The fraction of sp³-hybridized carbons (Fsp3) is 0.615. The maximum Gasteiger partial charge on any atom is 0.244 e. The molecule has 0 aliphatic carbocycles. The first-order chi connectivity index (χ1) is 9.90. The summed E-state index contributed by atoms with van der Waals surface area (Å²) in [6, 6.07) is 1.55. The molecule has 0 aromatic carbocycles. The molecule has 21 heavy (non-hydrogen) atoms. The summed E-state index contributed by atoms with van der Waals surface area (Å²) in [7, 11) is -2.02. The van der Waals surface area contributed by atoms with Crippen molar-refractivity contribution in [2.75, 3.05) is 32.1 Å². The molecule has 0 amide bonds.